The van der Waals surface area contributed by atoms with Crippen LogP contribution < -0.4 is 5.11 Å². The molecule has 0 unspecified atom stereocenters. The quantitative estimate of drug-likeness (QED) is 0.328. The number of rotatable bonds is 4. The maximum absolute atomic E-state index is 11.3. The minimum Gasteiger partial charge on any atom is -0.615 e. The van der Waals surface area contributed by atoms with Gasteiger partial charge in [-0.3, -0.25) is 0 Å². The highest BCUT2D eigenvalue weighted by atomic mass is 16.6. The van der Waals surface area contributed by atoms with E-state index in [1.165, 1.54) is 20.4 Å². The van der Waals surface area contributed by atoms with E-state index in [0.717, 1.165) is 5.56 Å². The Morgan fingerprint density at radius 2 is 1.88 bits per heavy atom. The van der Waals surface area contributed by atoms with E-state index in [9.17, 15) is 9.90 Å². The van der Waals surface area contributed by atoms with Crippen LogP contribution in [0.5, 0.6) is 0 Å². The number of benzene rings is 1. The van der Waals surface area contributed by atoms with Gasteiger partial charge < -0.3 is 14.6 Å². The zero-order valence-corrected chi connectivity index (χ0v) is 9.54. The van der Waals surface area contributed by atoms with Crippen LogP contribution in [0.15, 0.2) is 47.0 Å². The lowest BCUT2D eigenvalue weighted by atomic mass is 10.2. The van der Waals surface area contributed by atoms with Gasteiger partial charge in [-0.05, 0) is 12.7 Å². The number of hydrogen-bond donors (Lipinski definition) is 0. The van der Waals surface area contributed by atoms with E-state index in [2.05, 4.69) is 14.5 Å². The number of carbonyl (C=O) groups is 1. The van der Waals surface area contributed by atoms with E-state index < -0.39 is 11.9 Å². The van der Waals surface area contributed by atoms with Crippen LogP contribution in [-0.4, -0.2) is 26.4 Å². The number of carbonyl (C=O) groups excluding carboxylic acids is 1. The molecule has 1 rings (SSSR count). The van der Waals surface area contributed by atoms with Crippen molar-refractivity contribution in [2.75, 3.05) is 14.2 Å². The van der Waals surface area contributed by atoms with Gasteiger partial charge in [0.15, 0.2) is 5.70 Å². The summed E-state index contributed by atoms with van der Waals surface area (Å²) in [5.74, 6) is -1.66. The number of ether oxygens (including phenoxy) is 2. The Balaban J connectivity index is 2.96. The molecule has 0 aromatic heterocycles. The van der Waals surface area contributed by atoms with Crippen molar-refractivity contribution in [1.82, 2.24) is 0 Å². The van der Waals surface area contributed by atoms with Crippen molar-refractivity contribution >= 4 is 12.2 Å². The molecule has 90 valence electrons. The second-order valence-electron chi connectivity index (χ2n) is 3.00. The Morgan fingerprint density at radius 1 is 1.24 bits per heavy atom. The van der Waals surface area contributed by atoms with Crippen LogP contribution in [0, 0.1) is 0 Å². The smallest absolute Gasteiger partial charge is 0.358 e. The third-order valence-electron chi connectivity index (χ3n) is 1.90. The maximum atomic E-state index is 11.3. The highest BCUT2D eigenvalue weighted by Gasteiger charge is 2.09. The zero-order valence-electron chi connectivity index (χ0n) is 9.54. The van der Waals surface area contributed by atoms with Gasteiger partial charge in [-0.25, -0.2) is 9.79 Å². The van der Waals surface area contributed by atoms with Gasteiger partial charge in [0.1, 0.15) is 0 Å². The molecule has 0 saturated carbocycles. The Hall–Kier alpha value is -2.30. The fourth-order valence-electron chi connectivity index (χ4n) is 1.06. The molecular formula is C12H12NO4-. The van der Waals surface area contributed by atoms with E-state index in [4.69, 9.17) is 0 Å². The molecule has 0 aliphatic carbocycles. The van der Waals surface area contributed by atoms with Crippen molar-refractivity contribution in [3.8, 4) is 0 Å². The van der Waals surface area contributed by atoms with Crippen molar-refractivity contribution in [3.05, 3.63) is 47.5 Å². The predicted octanol–water partition coefficient (Wildman–Crippen LogP) is 0.454. The second kappa shape index (κ2) is 6.32. The molecule has 5 heteroatoms. The topological polar surface area (TPSA) is 71.0 Å². The van der Waals surface area contributed by atoms with Crippen LogP contribution in [0.4, 0.5) is 0 Å². The first-order valence-electron chi connectivity index (χ1n) is 4.81. The van der Waals surface area contributed by atoms with Crippen LogP contribution >= 0.6 is 0 Å². The van der Waals surface area contributed by atoms with Gasteiger partial charge in [0, 0.05) is 6.21 Å². The summed E-state index contributed by atoms with van der Waals surface area (Å²) < 4.78 is 8.87. The Bertz CT molecular complexity index is 437. The van der Waals surface area contributed by atoms with E-state index >= 15 is 0 Å². The molecule has 1 aromatic carbocycles. The number of aliphatic imine (C=N–C) groups is 1. The summed E-state index contributed by atoms with van der Waals surface area (Å²) in [7, 11) is 2.34. The zero-order chi connectivity index (χ0) is 12.7. The fourth-order valence-corrected chi connectivity index (χ4v) is 1.06. The third kappa shape index (κ3) is 3.64. The molecule has 0 aliphatic rings. The molecule has 0 fully saturated rings. The van der Waals surface area contributed by atoms with E-state index in [-0.39, 0.29) is 5.70 Å². The molecule has 0 spiro atoms. The lowest BCUT2D eigenvalue weighted by molar-refractivity contribution is -0.355. The van der Waals surface area contributed by atoms with Crippen LogP contribution in [0.2, 0.25) is 0 Å². The number of methoxy groups -OCH3 is 2. The molecule has 0 atom stereocenters. The first-order chi connectivity index (χ1) is 8.19. The van der Waals surface area contributed by atoms with Crippen LogP contribution in [0.1, 0.15) is 5.56 Å². The Labute approximate surface area is 99.0 Å². The molecule has 1 aromatic rings. The third-order valence-corrected chi connectivity index (χ3v) is 1.90. The second-order valence-corrected chi connectivity index (χ2v) is 3.00. The predicted molar refractivity (Wildman–Crippen MR) is 60.1 cm³/mol. The van der Waals surface area contributed by atoms with Gasteiger partial charge in [0.05, 0.1) is 13.1 Å². The molecule has 0 N–H and O–H groups in total. The SMILES string of the molecule is COC(=O)/C(N=Cc1ccccc1)=C(/[O-])OC. The van der Waals surface area contributed by atoms with E-state index in [1.807, 2.05) is 18.2 Å². The summed E-state index contributed by atoms with van der Waals surface area (Å²) in [6.45, 7) is 0. The van der Waals surface area contributed by atoms with Gasteiger partial charge >= 0.3 is 5.97 Å². The van der Waals surface area contributed by atoms with Gasteiger partial charge in [0.25, 0.3) is 0 Å². The first kappa shape index (κ1) is 12.8. The van der Waals surface area contributed by atoms with E-state index in [0.29, 0.717) is 0 Å². The maximum Gasteiger partial charge on any atom is 0.358 e. The van der Waals surface area contributed by atoms with Crippen LogP contribution in [0.3, 0.4) is 0 Å². The summed E-state index contributed by atoms with van der Waals surface area (Å²) in [4.78, 5) is 15.0. The van der Waals surface area contributed by atoms with Gasteiger partial charge in [-0.15, -0.1) is 0 Å². The monoisotopic (exact) mass is 234 g/mol. The summed E-state index contributed by atoms with van der Waals surface area (Å²) in [6.07, 6.45) is 1.39. The normalized spacial score (nSPS) is 12.1. The highest BCUT2D eigenvalue weighted by molar-refractivity contribution is 5.92. The molecule has 5 nitrogen and oxygen atoms in total. The average molecular weight is 234 g/mol. The summed E-state index contributed by atoms with van der Waals surface area (Å²) >= 11 is 0. The molecule has 17 heavy (non-hydrogen) atoms. The fraction of sp³-hybridized carbons (Fsp3) is 0.167. The van der Waals surface area contributed by atoms with Crippen molar-refractivity contribution < 1.29 is 19.4 Å². The minimum atomic E-state index is -0.830. The number of hydrogen-bond acceptors (Lipinski definition) is 5. The van der Waals surface area contributed by atoms with Crippen molar-refractivity contribution in [1.29, 1.82) is 0 Å². The molecular weight excluding hydrogens is 222 g/mol. The van der Waals surface area contributed by atoms with Gasteiger partial charge in [-0.1, -0.05) is 30.3 Å². The lowest BCUT2D eigenvalue weighted by Gasteiger charge is -2.11. The Morgan fingerprint density at radius 3 is 2.41 bits per heavy atom. The summed E-state index contributed by atoms with van der Waals surface area (Å²) in [5.41, 5.74) is 0.372. The standard InChI is InChI=1S/C12H13NO4/c1-16-11(14)10(12(15)17-2)13-8-9-6-4-3-5-7-9/h3-8,14H,1-2H3/p-1/b11-10+,13-8?. The minimum absolute atomic E-state index is 0.390. The lowest BCUT2D eigenvalue weighted by Crippen LogP contribution is -2.15. The van der Waals surface area contributed by atoms with Gasteiger partial charge in [0.2, 0.25) is 0 Å². The number of esters is 1. The van der Waals surface area contributed by atoms with Gasteiger partial charge in [-0.2, -0.15) is 0 Å². The van der Waals surface area contributed by atoms with Crippen molar-refractivity contribution in [2.45, 2.75) is 0 Å². The Kier molecular flexibility index (Phi) is 4.75. The number of nitrogens with zero attached hydrogens (tertiary/aromatic N) is 1. The highest BCUT2D eigenvalue weighted by Crippen LogP contribution is 2.05. The van der Waals surface area contributed by atoms with Crippen LogP contribution in [0.25, 0.3) is 0 Å². The summed E-state index contributed by atoms with van der Waals surface area (Å²) in [5, 5.41) is 11.3. The molecule has 0 bridgehead atoms. The molecule has 0 amide bonds. The molecule has 0 heterocycles. The summed E-state index contributed by atoms with van der Waals surface area (Å²) in [6, 6.07) is 9.06. The van der Waals surface area contributed by atoms with Crippen molar-refractivity contribution in [2.24, 2.45) is 4.99 Å². The van der Waals surface area contributed by atoms with E-state index in [1.54, 1.807) is 12.1 Å². The first-order valence-corrected chi connectivity index (χ1v) is 4.81. The van der Waals surface area contributed by atoms with Crippen molar-refractivity contribution in [3.63, 3.8) is 0 Å². The molecule has 0 radical (unpaired) electrons. The molecule has 0 aliphatic heterocycles. The largest absolute Gasteiger partial charge is 0.615 e. The molecule has 0 saturated heterocycles. The van der Waals surface area contributed by atoms with Crippen LogP contribution in [-0.2, 0) is 14.3 Å². The average Bonchev–Trinajstić information content (AvgIpc) is 2.39.